The topological polar surface area (TPSA) is 38.1 Å². The van der Waals surface area contributed by atoms with Gasteiger partial charge in [-0.05, 0) is 24.6 Å². The second kappa shape index (κ2) is 6.11. The van der Waals surface area contributed by atoms with Gasteiger partial charge in [0, 0.05) is 32.0 Å². The van der Waals surface area contributed by atoms with Crippen LogP contribution in [-0.2, 0) is 11.3 Å². The van der Waals surface area contributed by atoms with E-state index in [1.54, 1.807) is 0 Å². The number of benzene rings is 2. The highest BCUT2D eigenvalue weighted by Crippen LogP contribution is 2.30. The number of imidazole rings is 1. The summed E-state index contributed by atoms with van der Waals surface area (Å²) in [6.45, 7) is 4.36. The average Bonchev–Trinajstić information content (AvgIpc) is 3.16. The zero-order valence-electron chi connectivity index (χ0n) is 13.9. The summed E-state index contributed by atoms with van der Waals surface area (Å²) in [5.41, 5.74) is 3.39. The van der Waals surface area contributed by atoms with Gasteiger partial charge in [0.05, 0.1) is 11.0 Å². The summed E-state index contributed by atoms with van der Waals surface area (Å²) < 4.78 is 2.28. The third-order valence-electron chi connectivity index (χ3n) is 4.83. The van der Waals surface area contributed by atoms with Crippen molar-refractivity contribution in [2.75, 3.05) is 13.1 Å². The first-order valence-corrected chi connectivity index (χ1v) is 8.53. The van der Waals surface area contributed by atoms with Crippen molar-refractivity contribution in [3.63, 3.8) is 0 Å². The van der Waals surface area contributed by atoms with Crippen molar-refractivity contribution in [3.8, 4) is 0 Å². The molecule has 4 rings (SSSR count). The quantitative estimate of drug-likeness (QED) is 0.739. The third kappa shape index (κ3) is 2.58. The van der Waals surface area contributed by atoms with Crippen LogP contribution >= 0.6 is 0 Å². The number of fused-ring (bicyclic) bond motifs is 1. The Kier molecular flexibility index (Phi) is 3.81. The Morgan fingerprint density at radius 3 is 2.58 bits per heavy atom. The predicted molar refractivity (Wildman–Crippen MR) is 94.9 cm³/mol. The number of aromatic nitrogens is 2. The predicted octanol–water partition coefficient (Wildman–Crippen LogP) is 3.42. The molecule has 2 heterocycles. The number of hydrogen-bond acceptors (Lipinski definition) is 2. The van der Waals surface area contributed by atoms with Crippen molar-refractivity contribution in [1.82, 2.24) is 14.5 Å². The van der Waals surface area contributed by atoms with Gasteiger partial charge in [-0.1, -0.05) is 42.5 Å². The molecule has 24 heavy (non-hydrogen) atoms. The molecule has 0 N–H and O–H groups in total. The SMILES string of the molecule is CCN1C[C@H](c2nc3ccccc3n2Cc2ccccc2)CC1=O. The van der Waals surface area contributed by atoms with E-state index in [4.69, 9.17) is 4.98 Å². The summed E-state index contributed by atoms with van der Waals surface area (Å²) in [4.78, 5) is 19.0. The fourth-order valence-electron chi connectivity index (χ4n) is 3.59. The van der Waals surface area contributed by atoms with Crippen LogP contribution in [0, 0.1) is 0 Å². The largest absolute Gasteiger partial charge is 0.342 e. The van der Waals surface area contributed by atoms with E-state index < -0.39 is 0 Å². The molecule has 0 unspecified atom stereocenters. The minimum Gasteiger partial charge on any atom is -0.342 e. The van der Waals surface area contributed by atoms with Crippen LogP contribution in [0.4, 0.5) is 0 Å². The molecule has 1 amide bonds. The summed E-state index contributed by atoms with van der Waals surface area (Å²) in [5.74, 6) is 1.44. The van der Waals surface area contributed by atoms with E-state index in [1.165, 1.54) is 5.56 Å². The number of likely N-dealkylation sites (N-methyl/N-ethyl adjacent to an activating group) is 1. The Morgan fingerprint density at radius 1 is 1.08 bits per heavy atom. The first-order chi connectivity index (χ1) is 11.8. The highest BCUT2D eigenvalue weighted by molar-refractivity contribution is 5.80. The smallest absolute Gasteiger partial charge is 0.223 e. The number of hydrogen-bond donors (Lipinski definition) is 0. The Bertz CT molecular complexity index is 869. The second-order valence-electron chi connectivity index (χ2n) is 6.36. The molecule has 0 bridgehead atoms. The molecule has 3 aromatic rings. The minimum atomic E-state index is 0.175. The van der Waals surface area contributed by atoms with Crippen LogP contribution in [0.1, 0.15) is 30.7 Å². The lowest BCUT2D eigenvalue weighted by Gasteiger charge is -2.15. The number of nitrogens with zero attached hydrogens (tertiary/aromatic N) is 3. The first kappa shape index (κ1) is 14.9. The molecule has 1 aliphatic rings. The van der Waals surface area contributed by atoms with E-state index >= 15 is 0 Å². The number of amides is 1. The van der Waals surface area contributed by atoms with Crippen molar-refractivity contribution in [1.29, 1.82) is 0 Å². The number of rotatable bonds is 4. The second-order valence-corrected chi connectivity index (χ2v) is 6.36. The monoisotopic (exact) mass is 319 g/mol. The first-order valence-electron chi connectivity index (χ1n) is 8.53. The summed E-state index contributed by atoms with van der Waals surface area (Å²) in [7, 11) is 0. The van der Waals surface area contributed by atoms with E-state index in [2.05, 4.69) is 41.0 Å². The molecule has 1 aromatic heterocycles. The molecule has 122 valence electrons. The molecule has 4 nitrogen and oxygen atoms in total. The number of carbonyl (C=O) groups excluding carboxylic acids is 1. The summed E-state index contributed by atoms with van der Waals surface area (Å²) >= 11 is 0. The highest BCUT2D eigenvalue weighted by atomic mass is 16.2. The third-order valence-corrected chi connectivity index (χ3v) is 4.83. The van der Waals surface area contributed by atoms with Gasteiger partial charge in [0.1, 0.15) is 5.82 Å². The minimum absolute atomic E-state index is 0.175. The summed E-state index contributed by atoms with van der Waals surface area (Å²) in [6, 6.07) is 18.7. The van der Waals surface area contributed by atoms with Crippen molar-refractivity contribution >= 4 is 16.9 Å². The van der Waals surface area contributed by atoms with Gasteiger partial charge in [-0.25, -0.2) is 4.98 Å². The Hall–Kier alpha value is -2.62. The maximum atomic E-state index is 12.2. The zero-order valence-corrected chi connectivity index (χ0v) is 13.9. The lowest BCUT2D eigenvalue weighted by Crippen LogP contribution is -2.24. The van der Waals surface area contributed by atoms with Gasteiger partial charge >= 0.3 is 0 Å². The van der Waals surface area contributed by atoms with E-state index in [1.807, 2.05) is 30.0 Å². The fraction of sp³-hybridized carbons (Fsp3) is 0.300. The van der Waals surface area contributed by atoms with Crippen LogP contribution in [0.25, 0.3) is 11.0 Å². The molecule has 1 aliphatic heterocycles. The van der Waals surface area contributed by atoms with Gasteiger partial charge in [-0.3, -0.25) is 4.79 Å². The van der Waals surface area contributed by atoms with E-state index in [9.17, 15) is 4.79 Å². The van der Waals surface area contributed by atoms with Crippen molar-refractivity contribution < 1.29 is 4.79 Å². The summed E-state index contributed by atoms with van der Waals surface area (Å²) in [6.07, 6.45) is 0.561. The maximum absolute atomic E-state index is 12.2. The zero-order chi connectivity index (χ0) is 16.5. The molecule has 0 spiro atoms. The van der Waals surface area contributed by atoms with Crippen LogP contribution in [0.2, 0.25) is 0 Å². The fourth-order valence-corrected chi connectivity index (χ4v) is 3.59. The Morgan fingerprint density at radius 2 is 1.83 bits per heavy atom. The van der Waals surface area contributed by atoms with Crippen LogP contribution in [0.5, 0.6) is 0 Å². The Labute approximate surface area is 141 Å². The van der Waals surface area contributed by atoms with Gasteiger partial charge in [0.15, 0.2) is 0 Å². The average molecular weight is 319 g/mol. The lowest BCUT2D eigenvalue weighted by molar-refractivity contribution is -0.127. The summed E-state index contributed by atoms with van der Waals surface area (Å²) in [5, 5.41) is 0. The van der Waals surface area contributed by atoms with Crippen LogP contribution in [-0.4, -0.2) is 33.4 Å². The lowest BCUT2D eigenvalue weighted by atomic mass is 10.1. The maximum Gasteiger partial charge on any atom is 0.223 e. The van der Waals surface area contributed by atoms with Gasteiger partial charge in [0.2, 0.25) is 5.91 Å². The number of carbonyl (C=O) groups is 1. The van der Waals surface area contributed by atoms with Crippen LogP contribution in [0.3, 0.4) is 0 Å². The van der Waals surface area contributed by atoms with E-state index in [-0.39, 0.29) is 11.8 Å². The molecule has 1 fully saturated rings. The molecule has 4 heteroatoms. The van der Waals surface area contributed by atoms with Gasteiger partial charge in [-0.2, -0.15) is 0 Å². The standard InChI is InChI=1S/C20H21N3O/c1-2-22-14-16(12-19(22)24)20-21-17-10-6-7-11-18(17)23(20)13-15-8-4-3-5-9-15/h3-11,16H,2,12-14H2,1H3/t16-/m1/s1. The van der Waals surface area contributed by atoms with Crippen molar-refractivity contribution in [2.45, 2.75) is 25.8 Å². The Balaban J connectivity index is 1.77. The molecule has 0 aliphatic carbocycles. The number of likely N-dealkylation sites (tertiary alicyclic amines) is 1. The molecular weight excluding hydrogens is 298 g/mol. The van der Waals surface area contributed by atoms with Gasteiger partial charge in [0.25, 0.3) is 0 Å². The molecule has 0 saturated carbocycles. The van der Waals surface area contributed by atoms with Crippen molar-refractivity contribution in [2.24, 2.45) is 0 Å². The molecule has 2 aromatic carbocycles. The molecule has 1 atom stereocenters. The molecular formula is C20H21N3O. The van der Waals surface area contributed by atoms with Crippen molar-refractivity contribution in [3.05, 3.63) is 66.0 Å². The van der Waals surface area contributed by atoms with Gasteiger partial charge in [-0.15, -0.1) is 0 Å². The highest BCUT2D eigenvalue weighted by Gasteiger charge is 2.33. The van der Waals surface area contributed by atoms with Crippen LogP contribution < -0.4 is 0 Å². The normalized spacial score (nSPS) is 17.8. The molecule has 0 radical (unpaired) electrons. The van der Waals surface area contributed by atoms with Crippen LogP contribution in [0.15, 0.2) is 54.6 Å². The molecule has 1 saturated heterocycles. The van der Waals surface area contributed by atoms with Gasteiger partial charge < -0.3 is 9.47 Å². The number of para-hydroxylation sites is 2. The van der Waals surface area contributed by atoms with E-state index in [0.29, 0.717) is 6.42 Å². The van der Waals surface area contributed by atoms with E-state index in [0.717, 1.165) is 36.5 Å².